The van der Waals surface area contributed by atoms with Gasteiger partial charge in [0.25, 0.3) is 11.8 Å². The molecular formula is C35H37N5O4. The van der Waals surface area contributed by atoms with Gasteiger partial charge < -0.3 is 30.1 Å². The number of benzene rings is 3. The number of rotatable bonds is 5. The summed E-state index contributed by atoms with van der Waals surface area (Å²) >= 11 is 0. The molecule has 2 aliphatic heterocycles. The molecule has 0 aliphatic carbocycles. The van der Waals surface area contributed by atoms with Gasteiger partial charge in [-0.05, 0) is 72.4 Å². The van der Waals surface area contributed by atoms with Gasteiger partial charge in [0.15, 0.2) is 0 Å². The Hall–Kier alpha value is -4.89. The number of hydrogen-bond donors (Lipinski definition) is 2. The monoisotopic (exact) mass is 591 g/mol. The van der Waals surface area contributed by atoms with Gasteiger partial charge in [0.1, 0.15) is 0 Å². The summed E-state index contributed by atoms with van der Waals surface area (Å²) in [4.78, 5) is 44.9. The van der Waals surface area contributed by atoms with Crippen molar-refractivity contribution in [1.82, 2.24) is 14.4 Å². The Kier molecular flexibility index (Phi) is 7.73. The molecule has 0 saturated carbocycles. The van der Waals surface area contributed by atoms with Crippen LogP contribution in [-0.2, 0) is 33.0 Å². The molecule has 0 fully saturated rings. The smallest absolute Gasteiger partial charge is 0.407 e. The molecule has 9 nitrogen and oxygen atoms in total. The van der Waals surface area contributed by atoms with Crippen molar-refractivity contribution in [2.24, 2.45) is 12.8 Å². The van der Waals surface area contributed by atoms with Crippen LogP contribution in [0.25, 0.3) is 11.3 Å². The van der Waals surface area contributed by atoms with Gasteiger partial charge in [-0.1, -0.05) is 42.5 Å². The van der Waals surface area contributed by atoms with Crippen LogP contribution >= 0.6 is 0 Å². The van der Waals surface area contributed by atoms with Gasteiger partial charge in [0.05, 0.1) is 5.56 Å². The van der Waals surface area contributed by atoms with Gasteiger partial charge in [-0.25, -0.2) is 4.79 Å². The third-order valence-electron chi connectivity index (χ3n) is 9.23. The minimum atomic E-state index is -0.979. The van der Waals surface area contributed by atoms with Crippen molar-refractivity contribution in [3.63, 3.8) is 0 Å². The van der Waals surface area contributed by atoms with E-state index in [4.69, 9.17) is 5.73 Å². The lowest BCUT2D eigenvalue weighted by atomic mass is 9.89. The van der Waals surface area contributed by atoms with E-state index in [1.165, 1.54) is 10.5 Å². The van der Waals surface area contributed by atoms with Crippen molar-refractivity contribution in [1.29, 1.82) is 0 Å². The molecule has 0 spiro atoms. The SMILES string of the molecule is Cc1c(C(=O)N(C)c2ccccc2)cc(-c2cc3c(cc2C(=O)N2Cc4ccccc4C[C@H]2CN)CN(C(=O)O)CC3)n1C. The maximum atomic E-state index is 14.6. The number of amides is 3. The molecular weight excluding hydrogens is 554 g/mol. The van der Waals surface area contributed by atoms with Crippen molar-refractivity contribution in [3.05, 3.63) is 112 Å². The molecule has 44 heavy (non-hydrogen) atoms. The highest BCUT2D eigenvalue weighted by Gasteiger charge is 2.33. The molecule has 9 heteroatoms. The van der Waals surface area contributed by atoms with Crippen molar-refractivity contribution in [3.8, 4) is 11.3 Å². The minimum absolute atomic E-state index is 0.144. The van der Waals surface area contributed by atoms with Crippen LogP contribution in [0.15, 0.2) is 72.8 Å². The summed E-state index contributed by atoms with van der Waals surface area (Å²) in [5.74, 6) is -0.303. The molecule has 0 bridgehead atoms. The van der Waals surface area contributed by atoms with Crippen LogP contribution < -0.4 is 10.6 Å². The normalized spacial score (nSPS) is 15.9. The average molecular weight is 592 g/mol. The van der Waals surface area contributed by atoms with Crippen LogP contribution in [0, 0.1) is 6.92 Å². The van der Waals surface area contributed by atoms with Crippen LogP contribution in [0.2, 0.25) is 0 Å². The standard InChI is InChI=1S/C35H37N5O4/c1-22-29(33(41)38(3)27-11-5-4-6-12-27)18-32(37(22)2)30-16-24-13-14-39(35(43)44)20-26(24)17-31(30)34(42)40-21-25-10-8-7-9-23(25)15-28(40)19-36/h4-12,16-18,28H,13-15,19-21,36H2,1-3H3,(H,43,44)/t28-/m0/s1. The molecule has 1 atom stereocenters. The fraction of sp³-hybridized carbons (Fsp3) is 0.286. The molecule has 4 aromatic rings. The minimum Gasteiger partial charge on any atom is -0.465 e. The van der Waals surface area contributed by atoms with E-state index in [1.807, 2.05) is 90.2 Å². The van der Waals surface area contributed by atoms with Crippen LogP contribution in [0.1, 0.15) is 48.7 Å². The Morgan fingerprint density at radius 1 is 0.909 bits per heavy atom. The number of nitrogens with zero attached hydrogens (tertiary/aromatic N) is 4. The molecule has 2 aliphatic rings. The second-order valence-corrected chi connectivity index (χ2v) is 11.7. The number of hydrogen-bond acceptors (Lipinski definition) is 4. The lowest BCUT2D eigenvalue weighted by molar-refractivity contribution is 0.0648. The fourth-order valence-corrected chi connectivity index (χ4v) is 6.48. The zero-order valence-corrected chi connectivity index (χ0v) is 25.3. The first kappa shape index (κ1) is 29.2. The number of para-hydroxylation sites is 1. The highest BCUT2D eigenvalue weighted by Crippen LogP contribution is 2.35. The van der Waals surface area contributed by atoms with Crippen LogP contribution in [0.3, 0.4) is 0 Å². The van der Waals surface area contributed by atoms with Gasteiger partial charge >= 0.3 is 6.09 Å². The lowest BCUT2D eigenvalue weighted by Crippen LogP contribution is -2.48. The van der Waals surface area contributed by atoms with Crippen molar-refractivity contribution in [2.45, 2.75) is 38.9 Å². The molecule has 3 amide bonds. The third kappa shape index (κ3) is 5.13. The number of carbonyl (C=O) groups is 3. The summed E-state index contributed by atoms with van der Waals surface area (Å²) in [6.45, 7) is 3.26. The Labute approximate surface area is 257 Å². The first-order chi connectivity index (χ1) is 21.2. The first-order valence-corrected chi connectivity index (χ1v) is 14.9. The van der Waals surface area contributed by atoms with Crippen LogP contribution in [0.5, 0.6) is 0 Å². The summed E-state index contributed by atoms with van der Waals surface area (Å²) in [6, 6.07) is 23.2. The van der Waals surface area contributed by atoms with Gasteiger partial charge in [-0.3, -0.25) is 9.59 Å². The van der Waals surface area contributed by atoms with E-state index < -0.39 is 6.09 Å². The van der Waals surface area contributed by atoms with Crippen molar-refractivity contribution >= 4 is 23.6 Å². The van der Waals surface area contributed by atoms with Gasteiger partial charge in [-0.15, -0.1) is 0 Å². The number of nitrogens with two attached hydrogens (primary N) is 1. The van der Waals surface area contributed by atoms with E-state index in [0.29, 0.717) is 43.6 Å². The average Bonchev–Trinajstić information content (AvgIpc) is 3.35. The fourth-order valence-electron chi connectivity index (χ4n) is 6.48. The highest BCUT2D eigenvalue weighted by atomic mass is 16.4. The predicted octanol–water partition coefficient (Wildman–Crippen LogP) is 4.84. The summed E-state index contributed by atoms with van der Waals surface area (Å²) < 4.78 is 1.96. The summed E-state index contributed by atoms with van der Waals surface area (Å²) in [5, 5.41) is 9.68. The predicted molar refractivity (Wildman–Crippen MR) is 170 cm³/mol. The summed E-state index contributed by atoms with van der Waals surface area (Å²) in [7, 11) is 3.66. The Morgan fingerprint density at radius 2 is 1.61 bits per heavy atom. The second kappa shape index (κ2) is 11.7. The maximum absolute atomic E-state index is 14.6. The van der Waals surface area contributed by atoms with E-state index >= 15 is 0 Å². The Morgan fingerprint density at radius 3 is 2.32 bits per heavy atom. The van der Waals surface area contributed by atoms with E-state index in [0.717, 1.165) is 39.3 Å². The Balaban J connectivity index is 1.46. The second-order valence-electron chi connectivity index (χ2n) is 11.7. The molecule has 1 aromatic heterocycles. The quantitative estimate of drug-likeness (QED) is 0.345. The molecule has 6 rings (SSSR count). The highest BCUT2D eigenvalue weighted by molar-refractivity contribution is 6.08. The topological polar surface area (TPSA) is 112 Å². The first-order valence-electron chi connectivity index (χ1n) is 14.9. The van der Waals surface area contributed by atoms with Crippen LogP contribution in [0.4, 0.5) is 10.5 Å². The number of aromatic nitrogens is 1. The van der Waals surface area contributed by atoms with Gasteiger partial charge in [0, 0.05) is 74.5 Å². The largest absolute Gasteiger partial charge is 0.465 e. The Bertz CT molecular complexity index is 1760. The lowest BCUT2D eigenvalue weighted by Gasteiger charge is -2.37. The zero-order chi connectivity index (χ0) is 31.1. The molecule has 3 N–H and O–H groups in total. The molecule has 3 aromatic carbocycles. The molecule has 0 saturated heterocycles. The molecule has 0 radical (unpaired) electrons. The summed E-state index contributed by atoms with van der Waals surface area (Å²) in [5.41, 5.74) is 14.4. The van der Waals surface area contributed by atoms with E-state index in [2.05, 4.69) is 6.07 Å². The third-order valence-corrected chi connectivity index (χ3v) is 9.23. The molecule has 3 heterocycles. The summed E-state index contributed by atoms with van der Waals surface area (Å²) in [6.07, 6.45) is 0.226. The van der Waals surface area contributed by atoms with Crippen molar-refractivity contribution in [2.75, 3.05) is 25.0 Å². The van der Waals surface area contributed by atoms with Gasteiger partial charge in [-0.2, -0.15) is 0 Å². The van der Waals surface area contributed by atoms with Crippen molar-refractivity contribution < 1.29 is 19.5 Å². The zero-order valence-electron chi connectivity index (χ0n) is 25.3. The van der Waals surface area contributed by atoms with Gasteiger partial charge in [0.2, 0.25) is 0 Å². The number of fused-ring (bicyclic) bond motifs is 2. The number of anilines is 1. The van der Waals surface area contributed by atoms with E-state index in [9.17, 15) is 19.5 Å². The number of carbonyl (C=O) groups excluding carboxylic acids is 2. The number of carboxylic acid groups (broad SMARTS) is 1. The van der Waals surface area contributed by atoms with E-state index in [1.54, 1.807) is 11.9 Å². The van der Waals surface area contributed by atoms with Crippen LogP contribution in [-0.4, -0.2) is 63.6 Å². The van der Waals surface area contributed by atoms with E-state index in [-0.39, 0.29) is 24.4 Å². The molecule has 0 unspecified atom stereocenters. The molecule has 226 valence electrons. The maximum Gasteiger partial charge on any atom is 0.407 e.